The first-order valence-corrected chi connectivity index (χ1v) is 10.2. The molecule has 4 aromatic rings. The molecule has 1 N–H and O–H groups in total. The molecule has 0 bridgehead atoms. The van der Waals surface area contributed by atoms with E-state index in [-0.39, 0.29) is 5.91 Å². The third-order valence-corrected chi connectivity index (χ3v) is 4.75. The molecule has 0 heterocycles. The summed E-state index contributed by atoms with van der Waals surface area (Å²) in [7, 11) is 0. The summed E-state index contributed by atoms with van der Waals surface area (Å²) < 4.78 is 25.0. The predicted octanol–water partition coefficient (Wildman–Crippen LogP) is 6.24. The van der Waals surface area contributed by atoms with E-state index in [9.17, 15) is 9.18 Å². The molecule has 0 aliphatic heterocycles. The van der Waals surface area contributed by atoms with Crippen LogP contribution in [-0.2, 0) is 13.2 Å². The molecule has 4 nitrogen and oxygen atoms in total. The minimum atomic E-state index is -0.402. The van der Waals surface area contributed by atoms with E-state index in [2.05, 4.69) is 5.32 Å². The molecule has 0 saturated carbocycles. The fourth-order valence-electron chi connectivity index (χ4n) is 3.10. The van der Waals surface area contributed by atoms with Crippen LogP contribution in [0.4, 0.5) is 10.1 Å². The summed E-state index contributed by atoms with van der Waals surface area (Å²) in [5, 5.41) is 2.67. The molecular weight excluding hydrogens is 405 g/mol. The molecule has 0 aliphatic carbocycles. The maximum atomic E-state index is 13.3. The average Bonchev–Trinajstić information content (AvgIpc) is 2.83. The van der Waals surface area contributed by atoms with Crippen LogP contribution < -0.4 is 14.8 Å². The van der Waals surface area contributed by atoms with Gasteiger partial charge in [-0.05, 0) is 65.7 Å². The third kappa shape index (κ3) is 5.95. The standard InChI is InChI=1S/C27H22FNO3/c28-23-9-5-10-24(17-23)29-27(30)22-12-14-25(15-13-22)31-19-21-8-4-11-26(16-21)32-18-20-6-2-1-3-7-20/h1-17H,18-19H2,(H,29,30). The number of ether oxygens (including phenoxy) is 2. The Morgan fingerprint density at radius 3 is 2.16 bits per heavy atom. The van der Waals surface area contributed by atoms with Crippen LogP contribution in [0.3, 0.4) is 0 Å². The highest BCUT2D eigenvalue weighted by atomic mass is 19.1. The maximum absolute atomic E-state index is 13.3. The van der Waals surface area contributed by atoms with E-state index < -0.39 is 5.82 Å². The summed E-state index contributed by atoms with van der Waals surface area (Å²) in [6.45, 7) is 0.877. The normalized spacial score (nSPS) is 10.4. The fraction of sp³-hybridized carbons (Fsp3) is 0.0741. The first kappa shape index (κ1) is 21.1. The number of nitrogens with one attached hydrogen (secondary N) is 1. The van der Waals surface area contributed by atoms with Crippen LogP contribution in [-0.4, -0.2) is 5.91 Å². The van der Waals surface area contributed by atoms with Crippen molar-refractivity contribution in [3.63, 3.8) is 0 Å². The predicted molar refractivity (Wildman–Crippen MR) is 122 cm³/mol. The van der Waals surface area contributed by atoms with Gasteiger partial charge in [0.2, 0.25) is 0 Å². The van der Waals surface area contributed by atoms with Crippen molar-refractivity contribution < 1.29 is 18.7 Å². The Morgan fingerprint density at radius 2 is 1.38 bits per heavy atom. The first-order valence-electron chi connectivity index (χ1n) is 10.2. The van der Waals surface area contributed by atoms with Gasteiger partial charge in [-0.1, -0.05) is 48.5 Å². The van der Waals surface area contributed by atoms with E-state index in [1.807, 2.05) is 54.6 Å². The zero-order valence-electron chi connectivity index (χ0n) is 17.3. The zero-order valence-corrected chi connectivity index (χ0v) is 17.3. The van der Waals surface area contributed by atoms with Gasteiger partial charge in [-0.3, -0.25) is 4.79 Å². The zero-order chi connectivity index (χ0) is 22.2. The van der Waals surface area contributed by atoms with Gasteiger partial charge in [0.05, 0.1) is 0 Å². The molecular formula is C27H22FNO3. The Hall–Kier alpha value is -4.12. The number of carbonyl (C=O) groups is 1. The summed E-state index contributed by atoms with van der Waals surface area (Å²) in [5.41, 5.74) is 2.95. The lowest BCUT2D eigenvalue weighted by molar-refractivity contribution is 0.102. The van der Waals surface area contributed by atoms with E-state index in [4.69, 9.17) is 9.47 Å². The van der Waals surface area contributed by atoms with E-state index in [0.717, 1.165) is 16.9 Å². The van der Waals surface area contributed by atoms with Gasteiger partial charge in [-0.2, -0.15) is 0 Å². The van der Waals surface area contributed by atoms with Crippen molar-refractivity contribution in [2.45, 2.75) is 13.2 Å². The van der Waals surface area contributed by atoms with Crippen LogP contribution in [0.5, 0.6) is 11.5 Å². The van der Waals surface area contributed by atoms with E-state index in [1.165, 1.54) is 12.1 Å². The average molecular weight is 427 g/mol. The van der Waals surface area contributed by atoms with Crippen LogP contribution in [0.1, 0.15) is 21.5 Å². The van der Waals surface area contributed by atoms with Gasteiger partial charge in [-0.25, -0.2) is 4.39 Å². The largest absolute Gasteiger partial charge is 0.489 e. The lowest BCUT2D eigenvalue weighted by atomic mass is 10.2. The second-order valence-electron chi connectivity index (χ2n) is 7.20. The van der Waals surface area contributed by atoms with Crippen LogP contribution >= 0.6 is 0 Å². The van der Waals surface area contributed by atoms with Gasteiger partial charge < -0.3 is 14.8 Å². The van der Waals surface area contributed by atoms with Crippen molar-refractivity contribution in [2.75, 3.05) is 5.32 Å². The van der Waals surface area contributed by atoms with Crippen molar-refractivity contribution >= 4 is 11.6 Å². The van der Waals surface area contributed by atoms with E-state index in [1.54, 1.807) is 36.4 Å². The number of carbonyl (C=O) groups excluding carboxylic acids is 1. The van der Waals surface area contributed by atoms with Crippen molar-refractivity contribution in [1.29, 1.82) is 0 Å². The van der Waals surface area contributed by atoms with Crippen molar-refractivity contribution in [3.8, 4) is 11.5 Å². The van der Waals surface area contributed by atoms with Crippen LogP contribution in [0.15, 0.2) is 103 Å². The lowest BCUT2D eigenvalue weighted by Crippen LogP contribution is -2.11. The molecule has 0 spiro atoms. The Labute approximate surface area is 186 Å². The number of amides is 1. The van der Waals surface area contributed by atoms with Gasteiger partial charge in [0, 0.05) is 11.3 Å². The highest BCUT2D eigenvalue weighted by molar-refractivity contribution is 6.04. The van der Waals surface area contributed by atoms with Gasteiger partial charge in [-0.15, -0.1) is 0 Å². The molecule has 32 heavy (non-hydrogen) atoms. The van der Waals surface area contributed by atoms with Gasteiger partial charge in [0.25, 0.3) is 5.91 Å². The van der Waals surface area contributed by atoms with Crippen LogP contribution in [0.2, 0.25) is 0 Å². The van der Waals surface area contributed by atoms with Crippen LogP contribution in [0.25, 0.3) is 0 Å². The molecule has 0 aliphatic rings. The van der Waals surface area contributed by atoms with Gasteiger partial charge >= 0.3 is 0 Å². The number of hydrogen-bond donors (Lipinski definition) is 1. The topological polar surface area (TPSA) is 47.6 Å². The monoisotopic (exact) mass is 427 g/mol. The molecule has 5 heteroatoms. The maximum Gasteiger partial charge on any atom is 0.255 e. The van der Waals surface area contributed by atoms with Gasteiger partial charge in [0.15, 0.2) is 0 Å². The highest BCUT2D eigenvalue weighted by Gasteiger charge is 2.07. The molecule has 160 valence electrons. The van der Waals surface area contributed by atoms with Gasteiger partial charge in [0.1, 0.15) is 30.5 Å². The Balaban J connectivity index is 1.30. The summed E-state index contributed by atoms with van der Waals surface area (Å²) in [6, 6.07) is 30.3. The quantitative estimate of drug-likeness (QED) is 0.362. The molecule has 0 saturated heterocycles. The minimum absolute atomic E-state index is 0.314. The highest BCUT2D eigenvalue weighted by Crippen LogP contribution is 2.19. The second kappa shape index (κ2) is 10.3. The van der Waals surface area contributed by atoms with E-state index in [0.29, 0.717) is 30.2 Å². The van der Waals surface area contributed by atoms with E-state index >= 15 is 0 Å². The SMILES string of the molecule is O=C(Nc1cccc(F)c1)c1ccc(OCc2cccc(OCc3ccccc3)c2)cc1. The fourth-order valence-corrected chi connectivity index (χ4v) is 3.10. The Morgan fingerprint density at radius 1 is 0.688 bits per heavy atom. The first-order chi connectivity index (χ1) is 15.7. The number of rotatable bonds is 8. The molecule has 0 aromatic heterocycles. The summed E-state index contributed by atoms with van der Waals surface area (Å²) >= 11 is 0. The summed E-state index contributed by atoms with van der Waals surface area (Å²) in [6.07, 6.45) is 0. The summed E-state index contributed by atoms with van der Waals surface area (Å²) in [4.78, 5) is 12.3. The molecule has 0 unspecified atom stereocenters. The van der Waals surface area contributed by atoms with Crippen molar-refractivity contribution in [3.05, 3.63) is 126 Å². The second-order valence-corrected chi connectivity index (χ2v) is 7.20. The number of anilines is 1. The summed E-state index contributed by atoms with van der Waals surface area (Å²) in [5.74, 6) is 0.703. The van der Waals surface area contributed by atoms with Crippen molar-refractivity contribution in [1.82, 2.24) is 0 Å². The molecule has 0 fully saturated rings. The third-order valence-electron chi connectivity index (χ3n) is 4.75. The molecule has 0 atom stereocenters. The Kier molecular flexibility index (Phi) is 6.78. The van der Waals surface area contributed by atoms with Crippen molar-refractivity contribution in [2.24, 2.45) is 0 Å². The smallest absolute Gasteiger partial charge is 0.255 e. The minimum Gasteiger partial charge on any atom is -0.489 e. The lowest BCUT2D eigenvalue weighted by Gasteiger charge is -2.10. The number of hydrogen-bond acceptors (Lipinski definition) is 3. The molecule has 4 rings (SSSR count). The molecule has 4 aromatic carbocycles. The number of benzene rings is 4. The van der Waals surface area contributed by atoms with Crippen LogP contribution in [0, 0.1) is 5.82 Å². The molecule has 1 amide bonds. The molecule has 0 radical (unpaired) electrons. The number of halogens is 1. The Bertz CT molecular complexity index is 1180.